The number of rotatable bonds is 2. The molecule has 1 saturated carbocycles. The molecular weight excluding hydrogens is 174 g/mol. The minimum Gasteiger partial charge on any atom is -0.299 e. The summed E-state index contributed by atoms with van der Waals surface area (Å²) in [7, 11) is 0. The van der Waals surface area contributed by atoms with Crippen LogP contribution >= 0.6 is 0 Å². The molecule has 1 saturated heterocycles. The van der Waals surface area contributed by atoms with E-state index in [1.165, 1.54) is 38.5 Å². The maximum atomic E-state index is 11.1. The third-order valence-corrected chi connectivity index (χ3v) is 3.78. The molecule has 0 aromatic carbocycles. The lowest BCUT2D eigenvalue weighted by Crippen LogP contribution is -2.48. The molecule has 1 aliphatic heterocycles. The third kappa shape index (κ3) is 2.17. The maximum Gasteiger partial charge on any atom is 0.143 e. The average Bonchev–Trinajstić information content (AvgIpc) is 2.18. The molecule has 1 heterocycles. The molecule has 1 aliphatic carbocycles. The van der Waals surface area contributed by atoms with E-state index < -0.39 is 0 Å². The Morgan fingerprint density at radius 2 is 1.93 bits per heavy atom. The summed E-state index contributed by atoms with van der Waals surface area (Å²) in [6.07, 6.45) is 8.22. The number of hydrogen-bond acceptors (Lipinski definition) is 2. The summed E-state index contributed by atoms with van der Waals surface area (Å²) in [6, 6.07) is 0.737. The van der Waals surface area contributed by atoms with Gasteiger partial charge in [-0.3, -0.25) is 9.69 Å². The molecular formula is C12H21NO. The van der Waals surface area contributed by atoms with E-state index >= 15 is 0 Å². The van der Waals surface area contributed by atoms with Gasteiger partial charge in [0.25, 0.3) is 0 Å². The van der Waals surface area contributed by atoms with E-state index in [1.54, 1.807) is 6.92 Å². The molecule has 0 N–H and O–H groups in total. The molecule has 14 heavy (non-hydrogen) atoms. The molecule has 2 atom stereocenters. The molecule has 2 aliphatic rings. The van der Waals surface area contributed by atoms with Gasteiger partial charge in [-0.2, -0.15) is 0 Å². The van der Waals surface area contributed by atoms with Crippen LogP contribution in [-0.4, -0.2) is 29.8 Å². The van der Waals surface area contributed by atoms with Crippen LogP contribution in [-0.2, 0) is 4.79 Å². The van der Waals surface area contributed by atoms with Gasteiger partial charge < -0.3 is 0 Å². The minimum absolute atomic E-state index is 0.330. The Hall–Kier alpha value is -0.370. The summed E-state index contributed by atoms with van der Waals surface area (Å²) >= 11 is 0. The van der Waals surface area contributed by atoms with Crippen molar-refractivity contribution in [2.24, 2.45) is 5.92 Å². The smallest absolute Gasteiger partial charge is 0.143 e. The zero-order valence-corrected chi connectivity index (χ0v) is 9.17. The van der Waals surface area contributed by atoms with Crippen LogP contribution in [0.5, 0.6) is 0 Å². The molecule has 2 fully saturated rings. The summed E-state index contributed by atoms with van der Waals surface area (Å²) in [5, 5.41) is 0. The molecule has 2 nitrogen and oxygen atoms in total. The predicted octanol–water partition coefficient (Wildman–Crippen LogP) is 2.23. The normalized spacial score (nSPS) is 33.8. The maximum absolute atomic E-state index is 11.1. The van der Waals surface area contributed by atoms with Gasteiger partial charge >= 0.3 is 0 Å². The summed E-state index contributed by atoms with van der Waals surface area (Å²) in [5.74, 6) is 1.23. The number of carbonyl (C=O) groups is 1. The zero-order valence-electron chi connectivity index (χ0n) is 9.17. The number of piperidine rings is 1. The van der Waals surface area contributed by atoms with Crippen LogP contribution in [0.4, 0.5) is 0 Å². The Kier molecular flexibility index (Phi) is 3.22. The van der Waals surface area contributed by atoms with Crippen LogP contribution in [0.3, 0.4) is 0 Å². The molecule has 0 unspecified atom stereocenters. The van der Waals surface area contributed by atoms with Crippen LogP contribution in [0.2, 0.25) is 0 Å². The van der Waals surface area contributed by atoms with E-state index in [0.717, 1.165) is 18.5 Å². The number of nitrogens with zero attached hydrogens (tertiary/aromatic N) is 1. The van der Waals surface area contributed by atoms with Crippen molar-refractivity contribution in [1.29, 1.82) is 0 Å². The van der Waals surface area contributed by atoms with Gasteiger partial charge in [-0.05, 0) is 45.1 Å². The molecule has 0 bridgehead atoms. The Balaban J connectivity index is 1.97. The first-order valence-corrected chi connectivity index (χ1v) is 6.01. The summed E-state index contributed by atoms with van der Waals surface area (Å²) in [4.78, 5) is 13.6. The van der Waals surface area contributed by atoms with Crippen LogP contribution < -0.4 is 0 Å². The average molecular weight is 195 g/mol. The van der Waals surface area contributed by atoms with Gasteiger partial charge in [-0.15, -0.1) is 0 Å². The van der Waals surface area contributed by atoms with Gasteiger partial charge in [-0.1, -0.05) is 12.8 Å². The highest BCUT2D eigenvalue weighted by atomic mass is 16.1. The summed E-state index contributed by atoms with van der Waals surface area (Å²) < 4.78 is 0. The van der Waals surface area contributed by atoms with Crippen molar-refractivity contribution in [2.75, 3.05) is 13.1 Å². The van der Waals surface area contributed by atoms with Crippen LogP contribution in [0.25, 0.3) is 0 Å². The fourth-order valence-corrected chi connectivity index (χ4v) is 3.21. The van der Waals surface area contributed by atoms with E-state index in [1.807, 2.05) is 0 Å². The van der Waals surface area contributed by atoms with Gasteiger partial charge in [0.05, 0.1) is 6.54 Å². The first-order valence-electron chi connectivity index (χ1n) is 6.01. The van der Waals surface area contributed by atoms with E-state index in [0.29, 0.717) is 12.3 Å². The zero-order chi connectivity index (χ0) is 9.97. The van der Waals surface area contributed by atoms with Gasteiger partial charge in [0.2, 0.25) is 0 Å². The van der Waals surface area contributed by atoms with Crippen LogP contribution in [0.15, 0.2) is 0 Å². The monoisotopic (exact) mass is 195 g/mol. The van der Waals surface area contributed by atoms with Crippen molar-refractivity contribution >= 4 is 5.78 Å². The second-order valence-electron chi connectivity index (χ2n) is 4.93. The molecule has 0 amide bonds. The largest absolute Gasteiger partial charge is 0.299 e. The number of hydrogen-bond donors (Lipinski definition) is 0. The van der Waals surface area contributed by atoms with Gasteiger partial charge in [0.1, 0.15) is 5.78 Å². The fraction of sp³-hybridized carbons (Fsp3) is 0.917. The SMILES string of the molecule is CC(=O)CN1CCC[C@H]2CCCC[C@H]21. The molecule has 0 spiro atoms. The Morgan fingerprint density at radius 1 is 1.21 bits per heavy atom. The van der Waals surface area contributed by atoms with Crippen molar-refractivity contribution in [3.05, 3.63) is 0 Å². The van der Waals surface area contributed by atoms with E-state index in [2.05, 4.69) is 4.90 Å². The first-order chi connectivity index (χ1) is 6.77. The lowest BCUT2D eigenvalue weighted by atomic mass is 9.78. The van der Waals surface area contributed by atoms with E-state index in [4.69, 9.17) is 0 Å². The number of ketones is 1. The number of Topliss-reactive ketones (excluding diaryl/α,β-unsaturated/α-hetero) is 1. The lowest BCUT2D eigenvalue weighted by Gasteiger charge is -2.43. The number of fused-ring (bicyclic) bond motifs is 1. The topological polar surface area (TPSA) is 20.3 Å². The van der Waals surface area contributed by atoms with Gasteiger partial charge in [0, 0.05) is 6.04 Å². The van der Waals surface area contributed by atoms with E-state index in [9.17, 15) is 4.79 Å². The van der Waals surface area contributed by atoms with Crippen LogP contribution in [0.1, 0.15) is 45.4 Å². The van der Waals surface area contributed by atoms with Crippen molar-refractivity contribution in [3.63, 3.8) is 0 Å². The molecule has 0 aromatic heterocycles. The Morgan fingerprint density at radius 3 is 2.71 bits per heavy atom. The molecule has 80 valence electrons. The van der Waals surface area contributed by atoms with Gasteiger partial charge in [0.15, 0.2) is 0 Å². The summed E-state index contributed by atoms with van der Waals surface area (Å²) in [6.45, 7) is 3.56. The van der Waals surface area contributed by atoms with Crippen LogP contribution in [0, 0.1) is 5.92 Å². The number of likely N-dealkylation sites (tertiary alicyclic amines) is 1. The quantitative estimate of drug-likeness (QED) is 0.673. The lowest BCUT2D eigenvalue weighted by molar-refractivity contribution is -0.119. The van der Waals surface area contributed by atoms with Crippen molar-refractivity contribution in [3.8, 4) is 0 Å². The van der Waals surface area contributed by atoms with Crippen molar-refractivity contribution in [1.82, 2.24) is 4.90 Å². The third-order valence-electron chi connectivity index (χ3n) is 3.78. The Labute approximate surface area is 86.7 Å². The molecule has 0 radical (unpaired) electrons. The van der Waals surface area contributed by atoms with Crippen molar-refractivity contribution < 1.29 is 4.79 Å². The predicted molar refractivity (Wildman–Crippen MR) is 57.2 cm³/mol. The second-order valence-corrected chi connectivity index (χ2v) is 4.93. The fourth-order valence-electron chi connectivity index (χ4n) is 3.21. The highest BCUT2D eigenvalue weighted by Gasteiger charge is 2.33. The highest BCUT2D eigenvalue weighted by Crippen LogP contribution is 2.34. The van der Waals surface area contributed by atoms with Crippen molar-refractivity contribution in [2.45, 2.75) is 51.5 Å². The second kappa shape index (κ2) is 4.43. The summed E-state index contributed by atoms with van der Waals surface area (Å²) in [5.41, 5.74) is 0. The minimum atomic E-state index is 0.330. The highest BCUT2D eigenvalue weighted by molar-refractivity contribution is 5.77. The molecule has 0 aromatic rings. The first kappa shape index (κ1) is 10.2. The Bertz CT molecular complexity index is 212. The van der Waals surface area contributed by atoms with Gasteiger partial charge in [-0.25, -0.2) is 0 Å². The molecule has 2 heteroatoms. The standard InChI is InChI=1S/C12H21NO/c1-10(14)9-13-8-4-6-11-5-2-3-7-12(11)13/h11-12H,2-9H2,1H3/t11-,12-/m1/s1. The van der Waals surface area contributed by atoms with E-state index in [-0.39, 0.29) is 0 Å². The molecule has 2 rings (SSSR count). The number of carbonyl (C=O) groups excluding carboxylic acids is 1.